The van der Waals surface area contributed by atoms with Crippen LogP contribution in [0.2, 0.25) is 0 Å². The Hall–Kier alpha value is -0.720. The summed E-state index contributed by atoms with van der Waals surface area (Å²) in [7, 11) is -5.59. The molecule has 0 aliphatic heterocycles. The van der Waals surface area contributed by atoms with Crippen molar-refractivity contribution in [3.8, 4) is 0 Å². The fourth-order valence-corrected chi connectivity index (χ4v) is 7.33. The van der Waals surface area contributed by atoms with Gasteiger partial charge in [0.05, 0.1) is 0 Å². The van der Waals surface area contributed by atoms with Gasteiger partial charge in [-0.3, -0.25) is 0 Å². The summed E-state index contributed by atoms with van der Waals surface area (Å²) >= 11 is 0. The molecule has 0 N–H and O–H groups in total. The Bertz CT molecular complexity index is 729. The van der Waals surface area contributed by atoms with Gasteiger partial charge in [0, 0.05) is 5.41 Å². The van der Waals surface area contributed by atoms with Gasteiger partial charge in [0.15, 0.2) is 0 Å². The van der Waals surface area contributed by atoms with Crippen molar-refractivity contribution < 1.29 is 25.8 Å². The van der Waals surface area contributed by atoms with Gasteiger partial charge < -0.3 is 4.18 Å². The Morgan fingerprint density at radius 3 is 2.52 bits per heavy atom. The van der Waals surface area contributed by atoms with Gasteiger partial charge in [-0.05, 0) is 86.5 Å². The van der Waals surface area contributed by atoms with E-state index in [4.69, 9.17) is 0 Å². The molecule has 0 amide bonds. The Balaban J connectivity index is 1.52. The standard InChI is InChI=1S/C20H29F3O3S/c1-12-3-4-13-11-16-14(10-15(13)9-12)7-8-19(2)17(16)5-6-18(19)26-27(24,25)20(21,22)23/h6,12-17H,3-5,7-11H2,1-2H3/t12-,13-,14+,15?,16+,17-,19-/m0/s1. The van der Waals surface area contributed by atoms with E-state index in [9.17, 15) is 21.6 Å². The second-order valence-corrected chi connectivity index (χ2v) is 11.2. The molecule has 7 atom stereocenters. The number of hydrogen-bond donors (Lipinski definition) is 0. The summed E-state index contributed by atoms with van der Waals surface area (Å²) < 4.78 is 66.1. The fraction of sp³-hybridized carbons (Fsp3) is 0.900. The van der Waals surface area contributed by atoms with Crippen LogP contribution < -0.4 is 0 Å². The molecular formula is C20H29F3O3S. The summed E-state index contributed by atoms with van der Waals surface area (Å²) in [4.78, 5) is 0. The lowest BCUT2D eigenvalue weighted by atomic mass is 9.51. The predicted molar refractivity (Wildman–Crippen MR) is 95.8 cm³/mol. The minimum absolute atomic E-state index is 0.0302. The van der Waals surface area contributed by atoms with Gasteiger partial charge in [-0.25, -0.2) is 0 Å². The molecular weight excluding hydrogens is 377 g/mol. The van der Waals surface area contributed by atoms with Crippen LogP contribution in [0, 0.1) is 40.9 Å². The fourth-order valence-electron chi connectivity index (χ4n) is 6.74. The van der Waals surface area contributed by atoms with Gasteiger partial charge in [0.1, 0.15) is 5.76 Å². The molecule has 3 saturated carbocycles. The van der Waals surface area contributed by atoms with E-state index in [-0.39, 0.29) is 11.7 Å². The van der Waals surface area contributed by atoms with Crippen molar-refractivity contribution in [1.29, 1.82) is 0 Å². The van der Waals surface area contributed by atoms with Crippen molar-refractivity contribution in [3.63, 3.8) is 0 Å². The molecule has 7 heteroatoms. The van der Waals surface area contributed by atoms with Crippen LogP contribution in [0.4, 0.5) is 13.2 Å². The van der Waals surface area contributed by atoms with E-state index in [1.807, 2.05) is 6.92 Å². The van der Waals surface area contributed by atoms with Gasteiger partial charge in [0.2, 0.25) is 0 Å². The van der Waals surface area contributed by atoms with Crippen LogP contribution in [-0.4, -0.2) is 13.9 Å². The van der Waals surface area contributed by atoms with Crippen molar-refractivity contribution in [2.75, 3.05) is 0 Å². The Kier molecular flexibility index (Phi) is 4.64. The van der Waals surface area contributed by atoms with Gasteiger partial charge in [-0.2, -0.15) is 21.6 Å². The minimum Gasteiger partial charge on any atom is -0.380 e. The van der Waals surface area contributed by atoms with Crippen LogP contribution in [0.3, 0.4) is 0 Å². The van der Waals surface area contributed by atoms with E-state index in [1.54, 1.807) is 6.08 Å². The highest BCUT2D eigenvalue weighted by Crippen LogP contribution is 2.62. The van der Waals surface area contributed by atoms with Crippen LogP contribution in [0.5, 0.6) is 0 Å². The van der Waals surface area contributed by atoms with Gasteiger partial charge in [-0.15, -0.1) is 0 Å². The monoisotopic (exact) mass is 406 g/mol. The molecule has 0 radical (unpaired) electrons. The third-order valence-corrected chi connectivity index (χ3v) is 9.13. The normalized spacial score (nSPS) is 44.7. The van der Waals surface area contributed by atoms with Crippen LogP contribution in [0.1, 0.15) is 65.2 Å². The van der Waals surface area contributed by atoms with E-state index in [0.717, 1.165) is 30.6 Å². The lowest BCUT2D eigenvalue weighted by Crippen LogP contribution is -2.46. The smallest absolute Gasteiger partial charge is 0.380 e. The number of halogens is 3. The van der Waals surface area contributed by atoms with E-state index < -0.39 is 21.0 Å². The molecule has 4 aliphatic carbocycles. The van der Waals surface area contributed by atoms with E-state index in [0.29, 0.717) is 24.7 Å². The van der Waals surface area contributed by atoms with E-state index in [1.165, 1.54) is 25.7 Å². The summed E-state index contributed by atoms with van der Waals surface area (Å²) in [6.45, 7) is 4.25. The zero-order valence-electron chi connectivity index (χ0n) is 16.0. The second-order valence-electron chi connectivity index (χ2n) is 9.68. The SMILES string of the molecule is C[C@H]1CC[C@H]2C[C@@H]3[C@H](CC[C@]4(C)C(OS(=O)(=O)C(F)(F)F)=CC[C@@H]34)CC2C1. The maximum absolute atomic E-state index is 12.8. The molecule has 4 rings (SSSR count). The maximum atomic E-state index is 12.8. The molecule has 27 heavy (non-hydrogen) atoms. The number of alkyl halides is 3. The van der Waals surface area contributed by atoms with Crippen molar-refractivity contribution in [1.82, 2.24) is 0 Å². The second kappa shape index (κ2) is 6.39. The van der Waals surface area contributed by atoms with Crippen molar-refractivity contribution in [2.45, 2.75) is 70.7 Å². The third-order valence-electron chi connectivity index (χ3n) is 8.16. The van der Waals surface area contributed by atoms with Crippen LogP contribution >= 0.6 is 0 Å². The molecule has 0 saturated heterocycles. The molecule has 0 aromatic carbocycles. The summed E-state index contributed by atoms with van der Waals surface area (Å²) in [5.74, 6) is 3.67. The molecule has 0 bridgehead atoms. The number of rotatable bonds is 2. The lowest BCUT2D eigenvalue weighted by molar-refractivity contribution is -0.0589. The summed E-state index contributed by atoms with van der Waals surface area (Å²) in [6, 6.07) is 0. The van der Waals surface area contributed by atoms with E-state index in [2.05, 4.69) is 11.1 Å². The van der Waals surface area contributed by atoms with Gasteiger partial charge in [-0.1, -0.05) is 20.3 Å². The summed E-state index contributed by atoms with van der Waals surface area (Å²) in [5, 5.41) is 0. The largest absolute Gasteiger partial charge is 0.534 e. The Morgan fingerprint density at radius 1 is 1.07 bits per heavy atom. The highest BCUT2D eigenvalue weighted by atomic mass is 32.2. The molecule has 0 heterocycles. The predicted octanol–water partition coefficient (Wildman–Crippen LogP) is 5.64. The minimum atomic E-state index is -5.59. The van der Waals surface area contributed by atoms with Crippen molar-refractivity contribution >= 4 is 10.1 Å². The van der Waals surface area contributed by atoms with Crippen molar-refractivity contribution in [2.24, 2.45) is 40.9 Å². The highest BCUT2D eigenvalue weighted by molar-refractivity contribution is 7.87. The number of hydrogen-bond acceptors (Lipinski definition) is 3. The molecule has 4 aliphatic rings. The quantitative estimate of drug-likeness (QED) is 0.441. The van der Waals surface area contributed by atoms with Crippen LogP contribution in [0.25, 0.3) is 0 Å². The third kappa shape index (κ3) is 3.22. The first-order chi connectivity index (χ1) is 12.5. The molecule has 0 spiro atoms. The zero-order chi connectivity index (χ0) is 19.6. The zero-order valence-corrected chi connectivity index (χ0v) is 16.8. The lowest BCUT2D eigenvalue weighted by Gasteiger charge is -2.54. The number of allylic oxidation sites excluding steroid dienone is 2. The number of fused-ring (bicyclic) bond motifs is 4. The van der Waals surface area contributed by atoms with Crippen molar-refractivity contribution in [3.05, 3.63) is 11.8 Å². The van der Waals surface area contributed by atoms with E-state index >= 15 is 0 Å². The first-order valence-corrected chi connectivity index (χ1v) is 11.6. The molecule has 0 aromatic rings. The Labute approximate surface area is 159 Å². The van der Waals surface area contributed by atoms with Crippen LogP contribution in [0.15, 0.2) is 11.8 Å². The molecule has 1 unspecified atom stereocenters. The average molecular weight is 407 g/mol. The molecule has 0 aromatic heterocycles. The average Bonchev–Trinajstić information content (AvgIpc) is 2.89. The molecule has 3 nitrogen and oxygen atoms in total. The summed E-state index contributed by atoms with van der Waals surface area (Å²) in [6.07, 6.45) is 10.2. The first kappa shape index (κ1) is 19.6. The Morgan fingerprint density at radius 2 is 1.81 bits per heavy atom. The van der Waals surface area contributed by atoms with Gasteiger partial charge in [0.25, 0.3) is 0 Å². The summed E-state index contributed by atoms with van der Waals surface area (Å²) in [5.41, 5.74) is -5.97. The van der Waals surface area contributed by atoms with Gasteiger partial charge >= 0.3 is 15.6 Å². The van der Waals surface area contributed by atoms with Crippen LogP contribution in [-0.2, 0) is 14.3 Å². The first-order valence-electron chi connectivity index (χ1n) is 10.2. The molecule has 3 fully saturated rings. The maximum Gasteiger partial charge on any atom is 0.534 e. The molecule has 154 valence electrons. The highest BCUT2D eigenvalue weighted by Gasteiger charge is 2.57. The topological polar surface area (TPSA) is 43.4 Å².